The first-order valence-corrected chi connectivity index (χ1v) is 13.6. The third-order valence-electron chi connectivity index (χ3n) is 6.81. The summed E-state index contributed by atoms with van der Waals surface area (Å²) in [5.74, 6) is 0.368. The Morgan fingerprint density at radius 1 is 0.977 bits per heavy atom. The Balaban J connectivity index is 1.40. The summed E-state index contributed by atoms with van der Waals surface area (Å²) in [7, 11) is 1.49. The van der Waals surface area contributed by atoms with E-state index in [0.717, 1.165) is 6.42 Å². The Hall–Kier alpha value is -5.49. The van der Waals surface area contributed by atoms with Crippen molar-refractivity contribution in [3.63, 3.8) is 0 Å². The number of methoxy groups -OCH3 is 1. The highest BCUT2D eigenvalue weighted by Gasteiger charge is 2.32. The van der Waals surface area contributed by atoms with Crippen LogP contribution in [0.2, 0.25) is 0 Å². The van der Waals surface area contributed by atoms with Gasteiger partial charge in [-0.1, -0.05) is 43.3 Å². The molecule has 4 aromatic carbocycles. The largest absolute Gasteiger partial charge is 0.494 e. The topological polar surface area (TPSA) is 113 Å². The van der Waals surface area contributed by atoms with Crippen molar-refractivity contribution in [3.8, 4) is 34.8 Å². The normalized spacial score (nSPS) is 13.8. The van der Waals surface area contributed by atoms with Crippen molar-refractivity contribution in [3.05, 3.63) is 124 Å². The van der Waals surface area contributed by atoms with E-state index in [4.69, 9.17) is 29.4 Å². The van der Waals surface area contributed by atoms with Crippen LogP contribution in [0, 0.1) is 17.1 Å². The van der Waals surface area contributed by atoms with Gasteiger partial charge in [0.25, 0.3) is 0 Å². The fourth-order valence-electron chi connectivity index (χ4n) is 4.69. The molecule has 2 N–H and O–H groups in total. The van der Waals surface area contributed by atoms with Gasteiger partial charge in [0.2, 0.25) is 5.88 Å². The summed E-state index contributed by atoms with van der Waals surface area (Å²) in [5.41, 5.74) is 8.46. The summed E-state index contributed by atoms with van der Waals surface area (Å²) >= 11 is 0. The third kappa shape index (κ3) is 6.39. The molecule has 1 heterocycles. The number of fused-ring (bicyclic) bond motifs is 1. The molecule has 1 unspecified atom stereocenters. The summed E-state index contributed by atoms with van der Waals surface area (Å²) in [6, 6.07) is 25.4. The molecule has 1 atom stereocenters. The van der Waals surface area contributed by atoms with E-state index >= 15 is 0 Å². The van der Waals surface area contributed by atoms with Crippen LogP contribution in [0.1, 0.15) is 46.3 Å². The number of allylic oxidation sites excluding steroid dienone is 1. The first-order chi connectivity index (χ1) is 20.9. The van der Waals surface area contributed by atoms with E-state index in [-0.39, 0.29) is 29.6 Å². The lowest BCUT2D eigenvalue weighted by atomic mass is 9.83. The van der Waals surface area contributed by atoms with Crippen molar-refractivity contribution in [1.29, 1.82) is 5.26 Å². The van der Waals surface area contributed by atoms with Crippen molar-refractivity contribution >= 4 is 5.97 Å². The van der Waals surface area contributed by atoms with Gasteiger partial charge in [-0.15, -0.1) is 0 Å². The van der Waals surface area contributed by atoms with Crippen molar-refractivity contribution in [1.82, 2.24) is 0 Å². The van der Waals surface area contributed by atoms with Crippen LogP contribution in [0.5, 0.6) is 28.7 Å². The van der Waals surface area contributed by atoms with Gasteiger partial charge in [0, 0.05) is 17.2 Å². The van der Waals surface area contributed by atoms with Crippen LogP contribution >= 0.6 is 0 Å². The number of ether oxygens (including phenoxy) is 5. The van der Waals surface area contributed by atoms with Crippen LogP contribution in [-0.2, 0) is 6.61 Å². The van der Waals surface area contributed by atoms with Crippen LogP contribution in [0.3, 0.4) is 0 Å². The van der Waals surface area contributed by atoms with Crippen molar-refractivity contribution < 1.29 is 32.9 Å². The smallest absolute Gasteiger partial charge is 0.343 e. The second-order valence-electron chi connectivity index (χ2n) is 9.68. The zero-order valence-electron chi connectivity index (χ0n) is 23.6. The van der Waals surface area contributed by atoms with E-state index in [0.29, 0.717) is 51.9 Å². The number of carbonyl (C=O) groups excluding carboxylic acids is 1. The summed E-state index contributed by atoms with van der Waals surface area (Å²) in [4.78, 5) is 12.9. The van der Waals surface area contributed by atoms with Gasteiger partial charge in [-0.05, 0) is 54.4 Å². The Labute approximate surface area is 248 Å². The molecule has 1 aliphatic rings. The van der Waals surface area contributed by atoms with E-state index in [1.54, 1.807) is 78.9 Å². The Morgan fingerprint density at radius 3 is 2.58 bits per heavy atom. The molecule has 0 aromatic heterocycles. The SMILES string of the molecule is CCCOc1cccc(C(=O)Oc2ccc3c(c2)OC(N)=C(C#N)C3c2ccc(OCc3ccccc3F)c(OC)c2)c1. The van der Waals surface area contributed by atoms with Gasteiger partial charge in [0.1, 0.15) is 41.3 Å². The lowest BCUT2D eigenvalue weighted by molar-refractivity contribution is 0.0734. The van der Waals surface area contributed by atoms with E-state index in [2.05, 4.69) is 6.07 Å². The molecule has 218 valence electrons. The van der Waals surface area contributed by atoms with Gasteiger partial charge in [0.15, 0.2) is 11.5 Å². The molecule has 8 nitrogen and oxygen atoms in total. The van der Waals surface area contributed by atoms with Crippen LogP contribution in [0.25, 0.3) is 0 Å². The molecule has 0 saturated heterocycles. The lowest BCUT2D eigenvalue weighted by Crippen LogP contribution is -2.21. The van der Waals surface area contributed by atoms with Gasteiger partial charge in [0.05, 0.1) is 25.2 Å². The number of nitriles is 1. The number of halogens is 1. The number of nitrogens with two attached hydrogens (primary N) is 1. The summed E-state index contributed by atoms with van der Waals surface area (Å²) < 4.78 is 42.5. The molecular formula is C34H29FN2O6. The van der Waals surface area contributed by atoms with Gasteiger partial charge >= 0.3 is 5.97 Å². The monoisotopic (exact) mass is 580 g/mol. The second kappa shape index (κ2) is 13.0. The zero-order chi connectivity index (χ0) is 30.3. The number of hydrogen-bond donors (Lipinski definition) is 1. The van der Waals surface area contributed by atoms with E-state index in [1.165, 1.54) is 13.2 Å². The maximum absolute atomic E-state index is 14.1. The number of nitrogens with zero attached hydrogens (tertiary/aromatic N) is 1. The van der Waals surface area contributed by atoms with Crippen molar-refractivity contribution in [2.24, 2.45) is 5.73 Å². The van der Waals surface area contributed by atoms with Gasteiger partial charge in [-0.25, -0.2) is 9.18 Å². The molecule has 43 heavy (non-hydrogen) atoms. The number of esters is 1. The minimum absolute atomic E-state index is 0.0103. The van der Waals surface area contributed by atoms with Crippen molar-refractivity contribution in [2.45, 2.75) is 25.9 Å². The molecule has 0 amide bonds. The molecule has 0 spiro atoms. The molecular weight excluding hydrogens is 551 g/mol. The van der Waals surface area contributed by atoms with Crippen LogP contribution in [0.4, 0.5) is 4.39 Å². The summed E-state index contributed by atoms with van der Waals surface area (Å²) in [6.07, 6.45) is 0.843. The first kappa shape index (κ1) is 29.0. The minimum Gasteiger partial charge on any atom is -0.494 e. The molecule has 9 heteroatoms. The predicted molar refractivity (Wildman–Crippen MR) is 157 cm³/mol. The highest BCUT2D eigenvalue weighted by molar-refractivity contribution is 5.91. The third-order valence-corrected chi connectivity index (χ3v) is 6.81. The fourth-order valence-corrected chi connectivity index (χ4v) is 4.69. The Kier molecular flexibility index (Phi) is 8.77. The molecule has 5 rings (SSSR count). The maximum atomic E-state index is 14.1. The zero-order valence-corrected chi connectivity index (χ0v) is 23.6. The molecule has 4 aromatic rings. The molecule has 0 saturated carbocycles. The number of carbonyl (C=O) groups is 1. The van der Waals surface area contributed by atoms with E-state index < -0.39 is 11.9 Å². The van der Waals surface area contributed by atoms with Crippen LogP contribution in [-0.4, -0.2) is 19.7 Å². The van der Waals surface area contributed by atoms with Crippen LogP contribution in [0.15, 0.2) is 96.4 Å². The van der Waals surface area contributed by atoms with Gasteiger partial charge < -0.3 is 29.4 Å². The highest BCUT2D eigenvalue weighted by atomic mass is 19.1. The standard InChI is InChI=1S/C34H29FN2O6/c1-3-15-40-24-9-6-8-22(16-24)34(38)42-25-12-13-26-30(18-25)43-33(37)27(19-36)32(26)21-11-14-29(31(17-21)39-2)41-20-23-7-4-5-10-28(23)35/h4-14,16-18,32H,3,15,20,37H2,1-2H3. The van der Waals surface area contributed by atoms with E-state index in [9.17, 15) is 14.4 Å². The van der Waals surface area contributed by atoms with E-state index in [1.807, 2.05) is 6.92 Å². The molecule has 0 aliphatic carbocycles. The molecule has 0 fully saturated rings. The van der Waals surface area contributed by atoms with Crippen molar-refractivity contribution in [2.75, 3.05) is 13.7 Å². The van der Waals surface area contributed by atoms with Gasteiger partial charge in [-0.3, -0.25) is 0 Å². The minimum atomic E-state index is -0.597. The van der Waals surface area contributed by atoms with Crippen LogP contribution < -0.4 is 29.4 Å². The number of rotatable bonds is 10. The summed E-state index contributed by atoms with van der Waals surface area (Å²) in [6.45, 7) is 2.55. The molecule has 1 aliphatic heterocycles. The average Bonchev–Trinajstić information content (AvgIpc) is 3.02. The first-order valence-electron chi connectivity index (χ1n) is 13.6. The number of benzene rings is 4. The molecule has 0 bridgehead atoms. The quantitative estimate of drug-likeness (QED) is 0.164. The molecule has 0 radical (unpaired) electrons. The summed E-state index contributed by atoms with van der Waals surface area (Å²) in [5, 5.41) is 9.97. The number of hydrogen-bond acceptors (Lipinski definition) is 8. The second-order valence-corrected chi connectivity index (χ2v) is 9.68. The maximum Gasteiger partial charge on any atom is 0.343 e. The fraction of sp³-hybridized carbons (Fsp3) is 0.176. The average molecular weight is 581 g/mol. The lowest BCUT2D eigenvalue weighted by Gasteiger charge is -2.27. The highest BCUT2D eigenvalue weighted by Crippen LogP contribution is 2.45. The predicted octanol–water partition coefficient (Wildman–Crippen LogP) is 6.64. The Bertz CT molecular complexity index is 1730. The Morgan fingerprint density at radius 2 is 1.81 bits per heavy atom. The van der Waals surface area contributed by atoms with Gasteiger partial charge in [-0.2, -0.15) is 5.26 Å².